The first-order chi connectivity index (χ1) is 12.3. The minimum absolute atomic E-state index is 0.142. The molecule has 0 bridgehead atoms. The van der Waals surface area contributed by atoms with Gasteiger partial charge in [-0.25, -0.2) is 13.6 Å². The highest BCUT2D eigenvalue weighted by molar-refractivity contribution is 8.00. The van der Waals surface area contributed by atoms with E-state index in [0.29, 0.717) is 17.7 Å². The molecule has 2 rings (SSSR count). The first-order valence-electron chi connectivity index (χ1n) is 9.08. The minimum atomic E-state index is -3.63. The van der Waals surface area contributed by atoms with Gasteiger partial charge in [-0.2, -0.15) is 11.8 Å². The predicted octanol–water partition coefficient (Wildman–Crippen LogP) is 1.92. The van der Waals surface area contributed by atoms with Crippen molar-refractivity contribution in [2.45, 2.75) is 37.3 Å². The highest BCUT2D eigenvalue weighted by Gasteiger charge is 2.24. The van der Waals surface area contributed by atoms with Gasteiger partial charge in [0.25, 0.3) is 0 Å². The van der Waals surface area contributed by atoms with Gasteiger partial charge in [0, 0.05) is 37.2 Å². The smallest absolute Gasteiger partial charge is 0.238 e. The summed E-state index contributed by atoms with van der Waals surface area (Å²) >= 11 is 2.05. The van der Waals surface area contributed by atoms with E-state index in [2.05, 4.69) is 42.7 Å². The molecule has 0 aliphatic carbocycles. The highest BCUT2D eigenvalue weighted by atomic mass is 32.2. The van der Waals surface area contributed by atoms with E-state index in [-0.39, 0.29) is 4.90 Å². The largest absolute Gasteiger partial charge is 0.357 e. The van der Waals surface area contributed by atoms with E-state index in [0.717, 1.165) is 43.3 Å². The standard InChI is InChI=1S/C18H30N4O2S2/c1-4-20-18(22-11-12-25-17(13-22)14(2)3)21-10-9-15-5-7-16(8-6-15)26(19,23)24/h5-8,14,17H,4,9-13H2,1-3H3,(H,20,21)(H2,19,23,24). The van der Waals surface area contributed by atoms with Gasteiger partial charge in [0.15, 0.2) is 5.96 Å². The Hall–Kier alpha value is -1.25. The predicted molar refractivity (Wildman–Crippen MR) is 110 cm³/mol. The molecule has 0 amide bonds. The fraction of sp³-hybridized carbons (Fsp3) is 0.611. The summed E-state index contributed by atoms with van der Waals surface area (Å²) in [4.78, 5) is 7.27. The summed E-state index contributed by atoms with van der Waals surface area (Å²) in [5.74, 6) is 2.75. The third kappa shape index (κ3) is 6.17. The number of hydrogen-bond acceptors (Lipinski definition) is 4. The van der Waals surface area contributed by atoms with Gasteiger partial charge in [0.05, 0.1) is 4.90 Å². The van der Waals surface area contributed by atoms with Crippen molar-refractivity contribution in [3.8, 4) is 0 Å². The molecule has 0 radical (unpaired) electrons. The van der Waals surface area contributed by atoms with Crippen LogP contribution in [0.3, 0.4) is 0 Å². The summed E-state index contributed by atoms with van der Waals surface area (Å²) in [7, 11) is -3.63. The molecule has 1 saturated heterocycles. The zero-order chi connectivity index (χ0) is 19.2. The molecule has 0 saturated carbocycles. The number of thioether (sulfide) groups is 1. The molecule has 1 unspecified atom stereocenters. The Morgan fingerprint density at radius 1 is 1.38 bits per heavy atom. The molecule has 0 spiro atoms. The van der Waals surface area contributed by atoms with Gasteiger partial charge in [-0.15, -0.1) is 0 Å². The average Bonchev–Trinajstić information content (AvgIpc) is 2.61. The number of nitrogens with two attached hydrogens (primary N) is 1. The van der Waals surface area contributed by atoms with Crippen molar-refractivity contribution in [1.82, 2.24) is 10.2 Å². The molecular weight excluding hydrogens is 368 g/mol. The van der Waals surface area contributed by atoms with Crippen molar-refractivity contribution in [2.24, 2.45) is 16.0 Å². The second-order valence-electron chi connectivity index (χ2n) is 6.77. The van der Waals surface area contributed by atoms with E-state index in [1.807, 2.05) is 0 Å². The maximum atomic E-state index is 11.3. The molecule has 6 nitrogen and oxygen atoms in total. The zero-order valence-electron chi connectivity index (χ0n) is 15.8. The van der Waals surface area contributed by atoms with Crippen molar-refractivity contribution in [3.63, 3.8) is 0 Å². The van der Waals surface area contributed by atoms with Crippen LogP contribution >= 0.6 is 11.8 Å². The monoisotopic (exact) mass is 398 g/mol. The molecule has 3 N–H and O–H groups in total. The Labute approximate surface area is 161 Å². The fourth-order valence-electron chi connectivity index (χ4n) is 2.83. The lowest BCUT2D eigenvalue weighted by Gasteiger charge is -2.36. The van der Waals surface area contributed by atoms with Crippen molar-refractivity contribution in [3.05, 3.63) is 29.8 Å². The maximum Gasteiger partial charge on any atom is 0.238 e. The van der Waals surface area contributed by atoms with E-state index in [9.17, 15) is 8.42 Å². The third-order valence-electron chi connectivity index (χ3n) is 4.39. The van der Waals surface area contributed by atoms with Crippen LogP contribution in [0, 0.1) is 5.92 Å². The van der Waals surface area contributed by atoms with Gasteiger partial charge >= 0.3 is 0 Å². The third-order valence-corrected chi connectivity index (χ3v) is 6.85. The van der Waals surface area contributed by atoms with Crippen molar-refractivity contribution >= 4 is 27.7 Å². The molecule has 26 heavy (non-hydrogen) atoms. The second kappa shape index (κ2) is 9.62. The first-order valence-corrected chi connectivity index (χ1v) is 11.7. The average molecular weight is 399 g/mol. The van der Waals surface area contributed by atoms with Crippen molar-refractivity contribution in [1.29, 1.82) is 0 Å². The van der Waals surface area contributed by atoms with Crippen LogP contribution in [0.25, 0.3) is 0 Å². The summed E-state index contributed by atoms with van der Waals surface area (Å²) in [6, 6.07) is 6.70. The number of rotatable bonds is 6. The van der Waals surface area contributed by atoms with Gasteiger partial charge in [0.2, 0.25) is 10.0 Å². The Morgan fingerprint density at radius 2 is 2.08 bits per heavy atom. The van der Waals surface area contributed by atoms with Gasteiger partial charge in [-0.3, -0.25) is 4.99 Å². The number of benzene rings is 1. The SMILES string of the molecule is CCNC(=NCCc1ccc(S(N)(=O)=O)cc1)N1CCSC(C(C)C)C1. The zero-order valence-corrected chi connectivity index (χ0v) is 17.4. The number of aliphatic imine (C=N–C) groups is 1. The molecule has 1 aromatic rings. The number of hydrogen-bond donors (Lipinski definition) is 2. The van der Waals surface area contributed by atoms with Gasteiger partial charge < -0.3 is 10.2 Å². The lowest BCUT2D eigenvalue weighted by molar-refractivity contribution is 0.381. The molecular formula is C18H30N4O2S2. The molecule has 8 heteroatoms. The topological polar surface area (TPSA) is 87.8 Å². The Kier molecular flexibility index (Phi) is 7.79. The van der Waals surface area contributed by atoms with Gasteiger partial charge in [0.1, 0.15) is 0 Å². The van der Waals surface area contributed by atoms with Crippen molar-refractivity contribution in [2.75, 3.05) is 31.9 Å². The number of nitrogens with zero attached hydrogens (tertiary/aromatic N) is 2. The summed E-state index contributed by atoms with van der Waals surface area (Å²) in [6.45, 7) is 10.2. The number of primary sulfonamides is 1. The minimum Gasteiger partial charge on any atom is -0.357 e. The van der Waals surface area contributed by atoms with Crippen LogP contribution in [-0.4, -0.2) is 56.5 Å². The van der Waals surface area contributed by atoms with Crippen LogP contribution < -0.4 is 10.5 Å². The highest BCUT2D eigenvalue weighted by Crippen LogP contribution is 2.24. The number of sulfonamides is 1. The van der Waals surface area contributed by atoms with Crippen LogP contribution in [0.2, 0.25) is 0 Å². The number of nitrogens with one attached hydrogen (secondary N) is 1. The van der Waals surface area contributed by atoms with Crippen LogP contribution in [-0.2, 0) is 16.4 Å². The number of guanidine groups is 1. The molecule has 1 aliphatic rings. The molecule has 1 aliphatic heterocycles. The first kappa shape index (κ1) is 21.1. The summed E-state index contributed by atoms with van der Waals surface area (Å²) < 4.78 is 22.6. The van der Waals surface area contributed by atoms with E-state index in [1.54, 1.807) is 24.3 Å². The Bertz CT molecular complexity index is 702. The summed E-state index contributed by atoms with van der Waals surface area (Å²) in [6.07, 6.45) is 0.760. The summed E-state index contributed by atoms with van der Waals surface area (Å²) in [5, 5.41) is 9.17. The summed E-state index contributed by atoms with van der Waals surface area (Å²) in [5.41, 5.74) is 1.05. The second-order valence-corrected chi connectivity index (χ2v) is 9.68. The quantitative estimate of drug-likeness (QED) is 0.565. The van der Waals surface area contributed by atoms with Gasteiger partial charge in [-0.05, 0) is 37.0 Å². The Morgan fingerprint density at radius 3 is 2.65 bits per heavy atom. The van der Waals surface area contributed by atoms with Crippen LogP contribution in [0.5, 0.6) is 0 Å². The lowest BCUT2D eigenvalue weighted by atomic mass is 10.1. The fourth-order valence-corrected chi connectivity index (χ4v) is 4.65. The van der Waals surface area contributed by atoms with E-state index < -0.39 is 10.0 Å². The molecule has 1 heterocycles. The lowest BCUT2D eigenvalue weighted by Crippen LogP contribution is -2.49. The Balaban J connectivity index is 1.98. The molecule has 0 aromatic heterocycles. The van der Waals surface area contributed by atoms with Crippen molar-refractivity contribution < 1.29 is 8.42 Å². The van der Waals surface area contributed by atoms with Gasteiger partial charge in [-0.1, -0.05) is 26.0 Å². The molecule has 146 valence electrons. The van der Waals surface area contributed by atoms with E-state index in [4.69, 9.17) is 10.1 Å². The van der Waals surface area contributed by atoms with Crippen LogP contribution in [0.15, 0.2) is 34.2 Å². The van der Waals surface area contributed by atoms with Crippen LogP contribution in [0.1, 0.15) is 26.3 Å². The van der Waals surface area contributed by atoms with E-state index in [1.165, 1.54) is 0 Å². The van der Waals surface area contributed by atoms with E-state index >= 15 is 0 Å². The van der Waals surface area contributed by atoms with Crippen LogP contribution in [0.4, 0.5) is 0 Å². The molecule has 1 aromatic carbocycles. The normalized spacial score (nSPS) is 19.0. The molecule has 1 atom stereocenters. The maximum absolute atomic E-state index is 11.3. The molecule has 1 fully saturated rings.